The molecule has 0 fully saturated rings. The van der Waals surface area contributed by atoms with Crippen LogP contribution in [-0.4, -0.2) is 33.9 Å². The molecule has 0 amide bonds. The molecule has 1 unspecified atom stereocenters. The van der Waals surface area contributed by atoms with Gasteiger partial charge in [0.05, 0.1) is 14.2 Å². The van der Waals surface area contributed by atoms with E-state index >= 15 is 0 Å². The largest absolute Gasteiger partial charge is 0.493 e. The van der Waals surface area contributed by atoms with Crippen LogP contribution >= 0.6 is 0 Å². The summed E-state index contributed by atoms with van der Waals surface area (Å²) in [5.74, 6) is 1.51. The highest BCUT2D eigenvalue weighted by atomic mass is 16.5. The van der Waals surface area contributed by atoms with Gasteiger partial charge in [-0.2, -0.15) is 0 Å². The second-order valence-corrected chi connectivity index (χ2v) is 4.58. The normalized spacial score (nSPS) is 12.1. The van der Waals surface area contributed by atoms with Gasteiger partial charge in [0.1, 0.15) is 0 Å². The first kappa shape index (κ1) is 14.6. The summed E-state index contributed by atoms with van der Waals surface area (Å²) < 4.78 is 10.5. The smallest absolute Gasteiger partial charge is 0.162 e. The molecular formula is C14H24N2O2. The van der Waals surface area contributed by atoms with Crippen molar-refractivity contribution in [3.05, 3.63) is 18.2 Å². The molecule has 18 heavy (non-hydrogen) atoms. The van der Waals surface area contributed by atoms with Crippen LogP contribution in [0, 0.1) is 0 Å². The molecule has 0 aliphatic heterocycles. The first-order valence-electron chi connectivity index (χ1n) is 6.27. The average molecular weight is 252 g/mol. The Morgan fingerprint density at radius 3 is 2.44 bits per heavy atom. The summed E-state index contributed by atoms with van der Waals surface area (Å²) in [6.45, 7) is 3.02. The van der Waals surface area contributed by atoms with E-state index in [9.17, 15) is 0 Å². The summed E-state index contributed by atoms with van der Waals surface area (Å²) in [5.41, 5.74) is 6.87. The van der Waals surface area contributed by atoms with Gasteiger partial charge in [0.25, 0.3) is 0 Å². The third-order valence-corrected chi connectivity index (χ3v) is 2.96. The fraction of sp³-hybridized carbons (Fsp3) is 0.571. The van der Waals surface area contributed by atoms with Gasteiger partial charge < -0.3 is 20.1 Å². The molecule has 2 N–H and O–H groups in total. The highest BCUT2D eigenvalue weighted by Crippen LogP contribution is 2.31. The van der Waals surface area contributed by atoms with Crippen molar-refractivity contribution in [3.8, 4) is 11.5 Å². The fourth-order valence-electron chi connectivity index (χ4n) is 1.84. The molecule has 0 heterocycles. The monoisotopic (exact) mass is 252 g/mol. The van der Waals surface area contributed by atoms with Crippen LogP contribution in [0.2, 0.25) is 0 Å². The van der Waals surface area contributed by atoms with Gasteiger partial charge in [0.15, 0.2) is 11.5 Å². The third kappa shape index (κ3) is 4.11. The minimum absolute atomic E-state index is 0.267. The minimum Gasteiger partial charge on any atom is -0.493 e. The molecule has 1 aromatic rings. The van der Waals surface area contributed by atoms with Crippen molar-refractivity contribution in [2.24, 2.45) is 5.73 Å². The van der Waals surface area contributed by atoms with E-state index in [0.717, 1.165) is 36.6 Å². The van der Waals surface area contributed by atoms with Crippen molar-refractivity contribution in [1.29, 1.82) is 0 Å². The Kier molecular flexibility index (Phi) is 5.78. The van der Waals surface area contributed by atoms with Crippen LogP contribution in [0.4, 0.5) is 5.69 Å². The van der Waals surface area contributed by atoms with E-state index in [2.05, 4.69) is 11.9 Å². The molecule has 102 valence electrons. The zero-order valence-electron chi connectivity index (χ0n) is 11.8. The average Bonchev–Trinajstić information content (AvgIpc) is 2.37. The van der Waals surface area contributed by atoms with Crippen LogP contribution in [0.1, 0.15) is 19.8 Å². The standard InChI is InChI=1S/C14H24N2O2/c1-11(15)6-5-9-16(2)12-7-8-13(17-3)14(10-12)18-4/h7-8,10-11H,5-6,9,15H2,1-4H3. The van der Waals surface area contributed by atoms with Gasteiger partial charge >= 0.3 is 0 Å². The number of rotatable bonds is 7. The topological polar surface area (TPSA) is 47.7 Å². The molecular weight excluding hydrogens is 228 g/mol. The number of hydrogen-bond donors (Lipinski definition) is 1. The van der Waals surface area contributed by atoms with Crippen LogP contribution in [-0.2, 0) is 0 Å². The predicted molar refractivity (Wildman–Crippen MR) is 75.7 cm³/mol. The lowest BCUT2D eigenvalue weighted by molar-refractivity contribution is 0.355. The zero-order valence-corrected chi connectivity index (χ0v) is 11.8. The number of nitrogens with zero attached hydrogens (tertiary/aromatic N) is 1. The number of benzene rings is 1. The molecule has 0 saturated carbocycles. The number of methoxy groups -OCH3 is 2. The van der Waals surface area contributed by atoms with Crippen LogP contribution in [0.15, 0.2) is 18.2 Å². The van der Waals surface area contributed by atoms with Crippen molar-refractivity contribution in [2.45, 2.75) is 25.8 Å². The molecule has 1 aromatic carbocycles. The quantitative estimate of drug-likeness (QED) is 0.808. The minimum atomic E-state index is 0.267. The maximum atomic E-state index is 5.75. The van der Waals surface area contributed by atoms with Gasteiger partial charge in [-0.1, -0.05) is 0 Å². The Bertz CT molecular complexity index is 367. The van der Waals surface area contributed by atoms with Gasteiger partial charge in [0, 0.05) is 31.4 Å². The van der Waals surface area contributed by atoms with Crippen LogP contribution in [0.25, 0.3) is 0 Å². The van der Waals surface area contributed by atoms with E-state index in [0.29, 0.717) is 0 Å². The van der Waals surface area contributed by atoms with Gasteiger partial charge in [0.2, 0.25) is 0 Å². The molecule has 1 atom stereocenters. The summed E-state index contributed by atoms with van der Waals surface area (Å²) in [7, 11) is 5.37. The van der Waals surface area contributed by atoms with E-state index in [1.807, 2.05) is 25.1 Å². The second-order valence-electron chi connectivity index (χ2n) is 4.58. The van der Waals surface area contributed by atoms with Crippen LogP contribution in [0.3, 0.4) is 0 Å². The van der Waals surface area contributed by atoms with E-state index < -0.39 is 0 Å². The predicted octanol–water partition coefficient (Wildman–Crippen LogP) is 2.27. The lowest BCUT2D eigenvalue weighted by Gasteiger charge is -2.21. The van der Waals surface area contributed by atoms with Crippen LogP contribution in [0.5, 0.6) is 11.5 Å². The number of nitrogens with two attached hydrogens (primary N) is 1. The van der Waals surface area contributed by atoms with Gasteiger partial charge in [-0.05, 0) is 31.9 Å². The van der Waals surface area contributed by atoms with Crippen molar-refractivity contribution in [1.82, 2.24) is 0 Å². The number of ether oxygens (including phenoxy) is 2. The van der Waals surface area contributed by atoms with E-state index in [-0.39, 0.29) is 6.04 Å². The molecule has 0 saturated heterocycles. The number of hydrogen-bond acceptors (Lipinski definition) is 4. The lowest BCUT2D eigenvalue weighted by atomic mass is 10.2. The molecule has 0 radical (unpaired) electrons. The second kappa shape index (κ2) is 7.11. The van der Waals surface area contributed by atoms with Gasteiger partial charge in [-0.15, -0.1) is 0 Å². The molecule has 0 aliphatic rings. The summed E-state index contributed by atoms with van der Waals surface area (Å²) in [6, 6.07) is 6.22. The van der Waals surface area contributed by atoms with Crippen molar-refractivity contribution < 1.29 is 9.47 Å². The summed E-state index contributed by atoms with van der Waals surface area (Å²) in [6.07, 6.45) is 2.13. The Balaban J connectivity index is 2.65. The Morgan fingerprint density at radius 2 is 1.89 bits per heavy atom. The Morgan fingerprint density at radius 1 is 1.22 bits per heavy atom. The van der Waals surface area contributed by atoms with Gasteiger partial charge in [-0.25, -0.2) is 0 Å². The van der Waals surface area contributed by atoms with Gasteiger partial charge in [-0.3, -0.25) is 0 Å². The Labute approximate surface area is 110 Å². The molecule has 0 bridgehead atoms. The van der Waals surface area contributed by atoms with Crippen molar-refractivity contribution >= 4 is 5.69 Å². The van der Waals surface area contributed by atoms with Crippen LogP contribution < -0.4 is 20.1 Å². The fourth-order valence-corrected chi connectivity index (χ4v) is 1.84. The number of anilines is 1. The van der Waals surface area contributed by atoms with E-state index in [1.165, 1.54) is 0 Å². The Hall–Kier alpha value is -1.42. The van der Waals surface area contributed by atoms with Crippen molar-refractivity contribution in [2.75, 3.05) is 32.7 Å². The van der Waals surface area contributed by atoms with E-state index in [1.54, 1.807) is 14.2 Å². The van der Waals surface area contributed by atoms with Crippen molar-refractivity contribution in [3.63, 3.8) is 0 Å². The molecule has 1 rings (SSSR count). The summed E-state index contributed by atoms with van der Waals surface area (Å²) in [5, 5.41) is 0. The molecule has 0 aromatic heterocycles. The maximum absolute atomic E-state index is 5.75. The molecule has 4 nitrogen and oxygen atoms in total. The molecule has 4 heteroatoms. The summed E-state index contributed by atoms with van der Waals surface area (Å²) >= 11 is 0. The molecule has 0 spiro atoms. The van der Waals surface area contributed by atoms with E-state index in [4.69, 9.17) is 15.2 Å². The third-order valence-electron chi connectivity index (χ3n) is 2.96. The highest BCUT2D eigenvalue weighted by molar-refractivity contribution is 5.55. The lowest BCUT2D eigenvalue weighted by Crippen LogP contribution is -2.22. The SMILES string of the molecule is COc1ccc(N(C)CCCC(C)N)cc1OC. The zero-order chi connectivity index (χ0) is 13.5. The first-order valence-corrected chi connectivity index (χ1v) is 6.27. The molecule has 0 aliphatic carbocycles. The highest BCUT2D eigenvalue weighted by Gasteiger charge is 2.07. The first-order chi connectivity index (χ1) is 8.58. The summed E-state index contributed by atoms with van der Waals surface area (Å²) in [4.78, 5) is 2.20. The maximum Gasteiger partial charge on any atom is 0.162 e.